The molecule has 4 aliphatic rings. The van der Waals surface area contributed by atoms with Crippen LogP contribution in [0, 0.1) is 0 Å². The zero-order chi connectivity index (χ0) is 25.4. The van der Waals surface area contributed by atoms with E-state index in [2.05, 4.69) is 96.4 Å². The smallest absolute Gasteiger partial charge is 0.0173 e. The summed E-state index contributed by atoms with van der Waals surface area (Å²) in [5.74, 6) is 0. The summed E-state index contributed by atoms with van der Waals surface area (Å²) in [5, 5.41) is 0. The molecule has 202 valence electrons. The van der Waals surface area contributed by atoms with E-state index >= 15 is 0 Å². The van der Waals surface area contributed by atoms with Gasteiger partial charge in [-0.1, -0.05) is 24.3 Å². The second kappa shape index (κ2) is 22.6. The summed E-state index contributed by atoms with van der Waals surface area (Å²) in [4.78, 5) is 9.54. The number of piperidine rings is 3. The maximum atomic E-state index is 2.39. The Morgan fingerprint density at radius 2 is 0.457 bits per heavy atom. The summed E-state index contributed by atoms with van der Waals surface area (Å²) in [6, 6.07) is 0. The van der Waals surface area contributed by atoms with Crippen LogP contribution in [-0.4, -0.2) is 72.0 Å². The molecule has 0 saturated carbocycles. The number of allylic oxidation sites excluding steroid dienone is 4. The van der Waals surface area contributed by atoms with Gasteiger partial charge in [-0.05, 0) is 123 Å². The van der Waals surface area contributed by atoms with Crippen molar-refractivity contribution in [1.82, 2.24) is 19.6 Å². The van der Waals surface area contributed by atoms with E-state index in [1.165, 1.54) is 123 Å². The molecule has 35 heavy (non-hydrogen) atoms. The average molecular weight is 487 g/mol. The molecule has 4 aliphatic heterocycles. The minimum Gasteiger partial charge on any atom is -0.378 e. The molecular weight excluding hydrogens is 428 g/mol. The molecule has 0 atom stereocenters. The van der Waals surface area contributed by atoms with Gasteiger partial charge < -0.3 is 19.6 Å². The van der Waals surface area contributed by atoms with Gasteiger partial charge in [0.25, 0.3) is 0 Å². The molecule has 0 aromatic carbocycles. The first-order valence-electron chi connectivity index (χ1n) is 14.7. The highest BCUT2D eigenvalue weighted by Gasteiger charge is 2.06. The lowest BCUT2D eigenvalue weighted by Crippen LogP contribution is -2.23. The average Bonchev–Trinajstić information content (AvgIpc) is 3.42. The maximum Gasteiger partial charge on any atom is 0.0173 e. The van der Waals surface area contributed by atoms with Crippen LogP contribution in [0.1, 0.15) is 98.3 Å². The lowest BCUT2D eigenvalue weighted by atomic mass is 10.1. The van der Waals surface area contributed by atoms with Gasteiger partial charge in [0.2, 0.25) is 0 Å². The molecular formula is C31H58N4. The third-order valence-corrected chi connectivity index (χ3v) is 6.75. The normalized spacial score (nSPS) is 21.1. The van der Waals surface area contributed by atoms with Crippen LogP contribution in [0.3, 0.4) is 0 Å². The molecule has 4 heteroatoms. The molecule has 0 spiro atoms. The molecule has 0 radical (unpaired) electrons. The quantitative estimate of drug-likeness (QED) is 0.405. The van der Waals surface area contributed by atoms with Crippen molar-refractivity contribution in [1.29, 1.82) is 0 Å². The number of likely N-dealkylation sites (tertiary alicyclic amines) is 4. The van der Waals surface area contributed by atoms with E-state index in [1.807, 2.05) is 0 Å². The van der Waals surface area contributed by atoms with Gasteiger partial charge in [0, 0.05) is 52.4 Å². The number of hydrogen-bond acceptors (Lipinski definition) is 4. The second-order valence-electron chi connectivity index (χ2n) is 9.96. The van der Waals surface area contributed by atoms with E-state index < -0.39 is 0 Å². The molecule has 0 amide bonds. The largest absolute Gasteiger partial charge is 0.378 e. The maximum absolute atomic E-state index is 2.39. The van der Waals surface area contributed by atoms with Gasteiger partial charge in [-0.3, -0.25) is 0 Å². The van der Waals surface area contributed by atoms with Crippen molar-refractivity contribution in [2.24, 2.45) is 0 Å². The first-order chi connectivity index (χ1) is 17.2. The zero-order valence-corrected chi connectivity index (χ0v) is 23.8. The minimum atomic E-state index is 1.27. The van der Waals surface area contributed by atoms with E-state index in [4.69, 9.17) is 0 Å². The van der Waals surface area contributed by atoms with Crippen molar-refractivity contribution < 1.29 is 0 Å². The number of nitrogens with zero attached hydrogens (tertiary/aromatic N) is 4. The topological polar surface area (TPSA) is 13.0 Å². The molecule has 0 aromatic heterocycles. The molecule has 4 rings (SSSR count). The fourth-order valence-electron chi connectivity index (χ4n) is 4.94. The Kier molecular flexibility index (Phi) is 20.2. The molecule has 4 fully saturated rings. The number of rotatable bonds is 4. The molecule has 0 bridgehead atoms. The highest BCUT2D eigenvalue weighted by atomic mass is 15.1. The van der Waals surface area contributed by atoms with Crippen molar-refractivity contribution in [2.45, 2.75) is 98.3 Å². The van der Waals surface area contributed by atoms with E-state index in [1.54, 1.807) is 0 Å². The summed E-state index contributed by atoms with van der Waals surface area (Å²) < 4.78 is 0. The SMILES string of the molecule is CC=CN1CCCC1.CC=CN1CCCCC1.CC=CN1CCCCC1.CC=CN1CCCCC1. The predicted octanol–water partition coefficient (Wildman–Crippen LogP) is 7.63. The molecule has 0 N–H and O–H groups in total. The molecule has 0 aliphatic carbocycles. The van der Waals surface area contributed by atoms with Crippen molar-refractivity contribution in [3.63, 3.8) is 0 Å². The van der Waals surface area contributed by atoms with E-state index in [9.17, 15) is 0 Å². The number of hydrogen-bond donors (Lipinski definition) is 0. The lowest BCUT2D eigenvalue weighted by molar-refractivity contribution is 0.309. The summed E-state index contributed by atoms with van der Waals surface area (Å²) >= 11 is 0. The first kappa shape index (κ1) is 31.2. The summed E-state index contributed by atoms with van der Waals surface area (Å²) in [5.41, 5.74) is 0. The van der Waals surface area contributed by atoms with Crippen LogP contribution >= 0.6 is 0 Å². The van der Waals surface area contributed by atoms with Crippen LogP contribution < -0.4 is 0 Å². The van der Waals surface area contributed by atoms with Crippen LogP contribution in [0.25, 0.3) is 0 Å². The van der Waals surface area contributed by atoms with Crippen molar-refractivity contribution in [3.05, 3.63) is 49.1 Å². The van der Waals surface area contributed by atoms with E-state index in [0.717, 1.165) is 0 Å². The Morgan fingerprint density at radius 1 is 0.286 bits per heavy atom. The summed E-state index contributed by atoms with van der Waals surface area (Å²) in [7, 11) is 0. The van der Waals surface area contributed by atoms with E-state index in [-0.39, 0.29) is 0 Å². The standard InChI is InChI=1S/3C8H15N.C7H13N/c3*1-2-6-9-7-4-3-5-8-9;1-2-5-8-6-3-4-7-8/h3*2,6H,3-5,7-8H2,1H3;2,5H,3-4,6-7H2,1H3. The Bertz CT molecular complexity index is 495. The van der Waals surface area contributed by atoms with Crippen LogP contribution in [0.2, 0.25) is 0 Å². The van der Waals surface area contributed by atoms with Crippen LogP contribution in [0.4, 0.5) is 0 Å². The Labute approximate surface area is 219 Å². The Hall–Kier alpha value is -1.84. The molecule has 0 aromatic rings. The van der Waals surface area contributed by atoms with Gasteiger partial charge in [0.15, 0.2) is 0 Å². The highest BCUT2D eigenvalue weighted by molar-refractivity contribution is 4.82. The summed E-state index contributed by atoms with van der Waals surface area (Å²) in [6.45, 7) is 18.4. The van der Waals surface area contributed by atoms with Crippen LogP contribution in [0.5, 0.6) is 0 Å². The van der Waals surface area contributed by atoms with Gasteiger partial charge in [0.05, 0.1) is 0 Å². The second-order valence-corrected chi connectivity index (χ2v) is 9.96. The van der Waals surface area contributed by atoms with Crippen LogP contribution in [0.15, 0.2) is 49.1 Å². The highest BCUT2D eigenvalue weighted by Crippen LogP contribution is 2.09. The van der Waals surface area contributed by atoms with Crippen molar-refractivity contribution >= 4 is 0 Å². The van der Waals surface area contributed by atoms with Gasteiger partial charge in [0.1, 0.15) is 0 Å². The summed E-state index contributed by atoms with van der Waals surface area (Å²) in [6.07, 6.45) is 32.5. The van der Waals surface area contributed by atoms with Gasteiger partial charge >= 0.3 is 0 Å². The molecule has 0 unspecified atom stereocenters. The fourth-order valence-corrected chi connectivity index (χ4v) is 4.94. The molecule has 4 nitrogen and oxygen atoms in total. The molecule has 4 saturated heterocycles. The zero-order valence-electron chi connectivity index (χ0n) is 23.8. The van der Waals surface area contributed by atoms with Gasteiger partial charge in [-0.2, -0.15) is 0 Å². The van der Waals surface area contributed by atoms with Crippen LogP contribution in [-0.2, 0) is 0 Å². The third kappa shape index (κ3) is 17.3. The van der Waals surface area contributed by atoms with Gasteiger partial charge in [-0.15, -0.1) is 0 Å². The minimum absolute atomic E-state index is 1.27. The van der Waals surface area contributed by atoms with Crippen molar-refractivity contribution in [2.75, 3.05) is 52.4 Å². The monoisotopic (exact) mass is 486 g/mol. The Balaban J connectivity index is 0.000000234. The molecule has 4 heterocycles. The third-order valence-electron chi connectivity index (χ3n) is 6.75. The first-order valence-corrected chi connectivity index (χ1v) is 14.7. The lowest BCUT2D eigenvalue weighted by Gasteiger charge is -2.24. The Morgan fingerprint density at radius 3 is 0.629 bits per heavy atom. The van der Waals surface area contributed by atoms with Gasteiger partial charge in [-0.25, -0.2) is 0 Å². The van der Waals surface area contributed by atoms with E-state index in [0.29, 0.717) is 0 Å². The van der Waals surface area contributed by atoms with Crippen molar-refractivity contribution in [3.8, 4) is 0 Å². The predicted molar refractivity (Wildman–Crippen MR) is 156 cm³/mol. The fraction of sp³-hybridized carbons (Fsp3) is 0.742.